The van der Waals surface area contributed by atoms with Gasteiger partial charge in [-0.2, -0.15) is 0 Å². The molecule has 0 aliphatic carbocycles. The van der Waals surface area contributed by atoms with Gasteiger partial charge in [0.05, 0.1) is 34.2 Å². The van der Waals surface area contributed by atoms with Crippen LogP contribution in [0.2, 0.25) is 0 Å². The summed E-state index contributed by atoms with van der Waals surface area (Å²) in [6, 6.07) is 50.8. The standard InChI is InChI=1S/C29H26N4O2.C18H15BrN2O.C11H12N2O/c1-21-10-7-15-27(30-21)23(3)33-35-17-9-14-25-13-8-16-28(32-25)29-19-26(18-22(2)31-29)34-20-24-11-5-4-6-12-24;1-13-10-15(22-12-14-6-3-2-4-7-14)11-17(20-13)16-8-5-9-18(19)21-16;1-4-8-14-13-10(3)11-7-5-6-9(2)12-11/h4-8,10-13,15-16,18-19H,17,20H2,1-3H3;2-11H,12H2,1H3;1,5-7H,8H2,2-3H3/b33-23+;;13-10+. The van der Waals surface area contributed by atoms with Crippen LogP contribution in [0.5, 0.6) is 11.5 Å². The maximum atomic E-state index is 5.99. The van der Waals surface area contributed by atoms with Gasteiger partial charge < -0.3 is 19.1 Å². The first-order valence-electron chi connectivity index (χ1n) is 22.6. The molecule has 0 bridgehead atoms. The van der Waals surface area contributed by atoms with E-state index < -0.39 is 0 Å². The van der Waals surface area contributed by atoms with E-state index >= 15 is 0 Å². The quantitative estimate of drug-likeness (QED) is 0.0340. The van der Waals surface area contributed by atoms with Gasteiger partial charge >= 0.3 is 0 Å². The summed E-state index contributed by atoms with van der Waals surface area (Å²) in [5.41, 5.74) is 12.6. The van der Waals surface area contributed by atoms with E-state index in [2.05, 4.69) is 73.9 Å². The summed E-state index contributed by atoms with van der Waals surface area (Å²) >= 11 is 3.39. The molecule has 0 saturated carbocycles. The normalized spacial score (nSPS) is 10.7. The zero-order chi connectivity index (χ0) is 50.2. The average Bonchev–Trinajstić information content (AvgIpc) is 3.38. The van der Waals surface area contributed by atoms with E-state index in [4.69, 9.17) is 25.6 Å². The lowest BCUT2D eigenvalue weighted by atomic mass is 10.2. The number of hydrogen-bond acceptors (Lipinski definition) is 12. The van der Waals surface area contributed by atoms with Gasteiger partial charge in [-0.15, -0.1) is 6.42 Å². The van der Waals surface area contributed by atoms with Gasteiger partial charge in [0, 0.05) is 47.0 Å². The summed E-state index contributed by atoms with van der Waals surface area (Å²) < 4.78 is 12.7. The molecule has 8 rings (SSSR count). The maximum Gasteiger partial charge on any atom is 0.177 e. The Bertz CT molecular complexity index is 3170. The molecule has 0 aliphatic rings. The molecule has 2 aromatic carbocycles. The molecule has 12 nitrogen and oxygen atoms in total. The second-order valence-electron chi connectivity index (χ2n) is 15.7. The first-order chi connectivity index (χ1) is 34.5. The van der Waals surface area contributed by atoms with Gasteiger partial charge in [-0.05, 0) is 123 Å². The van der Waals surface area contributed by atoms with Crippen LogP contribution in [0.25, 0.3) is 22.8 Å². The van der Waals surface area contributed by atoms with E-state index in [-0.39, 0.29) is 13.2 Å². The minimum atomic E-state index is 0.148. The van der Waals surface area contributed by atoms with Crippen molar-refractivity contribution in [3.05, 3.63) is 213 Å². The van der Waals surface area contributed by atoms with Crippen molar-refractivity contribution in [1.29, 1.82) is 0 Å². The van der Waals surface area contributed by atoms with Gasteiger partial charge in [0.25, 0.3) is 0 Å². The van der Waals surface area contributed by atoms with Crippen molar-refractivity contribution in [2.45, 2.75) is 54.8 Å². The fraction of sp³-hybridized carbons (Fsp3) is 0.172. The molecule has 6 aromatic heterocycles. The highest BCUT2D eigenvalue weighted by Crippen LogP contribution is 2.25. The van der Waals surface area contributed by atoms with Crippen LogP contribution < -0.4 is 9.47 Å². The van der Waals surface area contributed by atoms with Crippen molar-refractivity contribution >= 4 is 27.4 Å². The van der Waals surface area contributed by atoms with Crippen molar-refractivity contribution in [2.24, 2.45) is 10.3 Å². The van der Waals surface area contributed by atoms with Gasteiger partial charge in [0.1, 0.15) is 46.4 Å². The Balaban J connectivity index is 0.000000194. The minimum absolute atomic E-state index is 0.148. The molecule has 0 fully saturated rings. The molecular formula is C58H53BrN8O4. The summed E-state index contributed by atoms with van der Waals surface area (Å²) in [4.78, 5) is 37.1. The molecule has 0 N–H and O–H groups in total. The average molecular weight is 1010 g/mol. The number of oxime groups is 2. The van der Waals surface area contributed by atoms with Crippen LogP contribution in [0.3, 0.4) is 0 Å². The molecule has 13 heteroatoms. The predicted octanol–water partition coefficient (Wildman–Crippen LogP) is 12.1. The number of terminal acetylenes is 1. The zero-order valence-corrected chi connectivity index (χ0v) is 42.1. The number of halogens is 1. The fourth-order valence-corrected chi connectivity index (χ4v) is 6.76. The molecule has 6 heterocycles. The first-order valence-corrected chi connectivity index (χ1v) is 23.4. The van der Waals surface area contributed by atoms with Gasteiger partial charge in [-0.25, -0.2) is 9.97 Å². The molecule has 0 atom stereocenters. The number of hydrogen-bond donors (Lipinski definition) is 0. The van der Waals surface area contributed by atoms with Crippen molar-refractivity contribution in [3.8, 4) is 58.5 Å². The van der Waals surface area contributed by atoms with Crippen LogP contribution in [0.1, 0.15) is 64.8 Å². The smallest absolute Gasteiger partial charge is 0.177 e. The lowest BCUT2D eigenvalue weighted by Crippen LogP contribution is -2.00. The van der Waals surface area contributed by atoms with Crippen LogP contribution in [0, 0.1) is 51.9 Å². The van der Waals surface area contributed by atoms with Crippen molar-refractivity contribution in [3.63, 3.8) is 0 Å². The highest BCUT2D eigenvalue weighted by Gasteiger charge is 2.09. The van der Waals surface area contributed by atoms with Gasteiger partial charge in [0.15, 0.2) is 13.2 Å². The monoisotopic (exact) mass is 1000 g/mol. The van der Waals surface area contributed by atoms with E-state index in [0.29, 0.717) is 24.6 Å². The summed E-state index contributed by atoms with van der Waals surface area (Å²) in [5, 5.41) is 7.93. The van der Waals surface area contributed by atoms with Gasteiger partial charge in [0.2, 0.25) is 0 Å². The number of aryl methyl sites for hydroxylation is 4. The number of ether oxygens (including phenoxy) is 2. The number of aromatic nitrogens is 6. The molecular weight excluding hydrogens is 953 g/mol. The lowest BCUT2D eigenvalue weighted by molar-refractivity contribution is 0.179. The summed E-state index contributed by atoms with van der Waals surface area (Å²) in [7, 11) is 0. The molecule has 0 aliphatic heterocycles. The van der Waals surface area contributed by atoms with E-state index in [1.165, 1.54) is 0 Å². The Labute approximate surface area is 424 Å². The van der Waals surface area contributed by atoms with Crippen molar-refractivity contribution in [1.82, 2.24) is 29.9 Å². The molecule has 356 valence electrons. The Kier molecular flexibility index (Phi) is 20.1. The molecule has 0 spiro atoms. The SMILES string of the molecule is C#CCO/N=C(\C)c1cccc(C)n1.C/C(=N\OCC#Cc1cccc(-c2cc(OCc3ccccc3)cc(C)n2)n1)c1cccc(C)n1.Cc1cc(OCc2ccccc2)cc(-c2cccc(Br)n2)n1. The number of nitrogens with zero attached hydrogens (tertiary/aromatic N) is 8. The molecule has 8 aromatic rings. The Morgan fingerprint density at radius 1 is 0.493 bits per heavy atom. The first kappa shape index (κ1) is 51.9. The third-order valence-corrected chi connectivity index (χ3v) is 10.2. The van der Waals surface area contributed by atoms with E-state index in [9.17, 15) is 0 Å². The van der Waals surface area contributed by atoms with Crippen LogP contribution in [0.4, 0.5) is 0 Å². The lowest BCUT2D eigenvalue weighted by Gasteiger charge is -2.09. The number of pyridine rings is 6. The molecule has 0 unspecified atom stereocenters. The molecule has 0 amide bonds. The van der Waals surface area contributed by atoms with Crippen LogP contribution in [-0.2, 0) is 22.9 Å². The highest BCUT2D eigenvalue weighted by atomic mass is 79.9. The summed E-state index contributed by atoms with van der Waals surface area (Å²) in [5.74, 6) is 9.86. The van der Waals surface area contributed by atoms with Crippen molar-refractivity contribution < 1.29 is 19.1 Å². The molecule has 0 saturated heterocycles. The summed E-state index contributed by atoms with van der Waals surface area (Å²) in [6.07, 6.45) is 5.02. The van der Waals surface area contributed by atoms with E-state index in [0.717, 1.165) is 89.9 Å². The Morgan fingerprint density at radius 3 is 1.46 bits per heavy atom. The third-order valence-electron chi connectivity index (χ3n) is 9.76. The van der Waals surface area contributed by atoms with Crippen LogP contribution in [0.15, 0.2) is 173 Å². The van der Waals surface area contributed by atoms with Crippen LogP contribution >= 0.6 is 15.9 Å². The molecule has 0 radical (unpaired) electrons. The predicted molar refractivity (Wildman–Crippen MR) is 284 cm³/mol. The van der Waals surface area contributed by atoms with Gasteiger partial charge in [-0.1, -0.05) is 107 Å². The second kappa shape index (κ2) is 27.5. The topological polar surface area (TPSA) is 139 Å². The highest BCUT2D eigenvalue weighted by molar-refractivity contribution is 9.10. The third kappa shape index (κ3) is 17.8. The van der Waals surface area contributed by atoms with Crippen LogP contribution in [-0.4, -0.2) is 54.5 Å². The largest absolute Gasteiger partial charge is 0.489 e. The fourth-order valence-electron chi connectivity index (χ4n) is 6.42. The summed E-state index contributed by atoms with van der Waals surface area (Å²) in [6.45, 7) is 12.8. The van der Waals surface area contributed by atoms with Crippen molar-refractivity contribution in [2.75, 3.05) is 13.2 Å². The number of benzene rings is 2. The van der Waals surface area contributed by atoms with Gasteiger partial charge in [-0.3, -0.25) is 19.9 Å². The Morgan fingerprint density at radius 2 is 0.972 bits per heavy atom. The number of rotatable bonds is 14. The molecule has 71 heavy (non-hydrogen) atoms. The Hall–Kier alpha value is -8.52. The maximum absolute atomic E-state index is 5.99. The van der Waals surface area contributed by atoms with E-state index in [1.54, 1.807) is 0 Å². The zero-order valence-electron chi connectivity index (χ0n) is 40.5. The van der Waals surface area contributed by atoms with E-state index in [1.807, 2.05) is 199 Å². The second-order valence-corrected chi connectivity index (χ2v) is 16.5. The minimum Gasteiger partial charge on any atom is -0.489 e.